The van der Waals surface area contributed by atoms with E-state index in [0.717, 1.165) is 32.1 Å². The van der Waals surface area contributed by atoms with E-state index >= 15 is 0 Å². The molecule has 1 N–H and O–H groups in total. The SMILES string of the molecule is CCCCC1NC(CC(C)C)N(C(C)CCOC)C1=O. The van der Waals surface area contributed by atoms with Gasteiger partial charge in [0, 0.05) is 19.8 Å². The molecule has 0 aromatic rings. The van der Waals surface area contributed by atoms with Crippen LogP contribution in [0.2, 0.25) is 0 Å². The summed E-state index contributed by atoms with van der Waals surface area (Å²) >= 11 is 0. The van der Waals surface area contributed by atoms with E-state index in [2.05, 4.69) is 37.9 Å². The molecule has 1 rings (SSSR count). The maximum absolute atomic E-state index is 12.6. The van der Waals surface area contributed by atoms with Gasteiger partial charge >= 0.3 is 0 Å². The number of hydrogen-bond donors (Lipinski definition) is 1. The second-order valence-corrected chi connectivity index (χ2v) is 6.38. The topological polar surface area (TPSA) is 41.6 Å². The lowest BCUT2D eigenvalue weighted by Crippen LogP contribution is -2.44. The van der Waals surface area contributed by atoms with Crippen molar-refractivity contribution in [3.63, 3.8) is 0 Å². The standard InChI is InChI=1S/C16H32N2O2/c1-6-7-8-14-16(19)18(13(4)9-10-20-5)15(17-14)11-12(2)3/h12-15,17H,6-11H2,1-5H3. The van der Waals surface area contributed by atoms with Crippen LogP contribution in [0.1, 0.15) is 59.8 Å². The zero-order chi connectivity index (χ0) is 15.1. The molecule has 0 bridgehead atoms. The van der Waals surface area contributed by atoms with Crippen LogP contribution < -0.4 is 5.32 Å². The Morgan fingerprint density at radius 3 is 2.60 bits per heavy atom. The Balaban J connectivity index is 2.70. The van der Waals surface area contributed by atoms with Crippen molar-refractivity contribution in [2.75, 3.05) is 13.7 Å². The van der Waals surface area contributed by atoms with Crippen molar-refractivity contribution < 1.29 is 9.53 Å². The van der Waals surface area contributed by atoms with E-state index < -0.39 is 0 Å². The highest BCUT2D eigenvalue weighted by Crippen LogP contribution is 2.24. The molecule has 1 saturated heterocycles. The Morgan fingerprint density at radius 2 is 2.05 bits per heavy atom. The fourth-order valence-corrected chi connectivity index (χ4v) is 2.91. The maximum atomic E-state index is 12.6. The number of nitrogens with zero attached hydrogens (tertiary/aromatic N) is 1. The van der Waals surface area contributed by atoms with Crippen molar-refractivity contribution in [1.29, 1.82) is 0 Å². The molecule has 3 unspecified atom stereocenters. The molecule has 0 saturated carbocycles. The van der Waals surface area contributed by atoms with Gasteiger partial charge in [-0.05, 0) is 32.1 Å². The van der Waals surface area contributed by atoms with Crippen LogP contribution in [0.25, 0.3) is 0 Å². The van der Waals surface area contributed by atoms with E-state index in [9.17, 15) is 4.79 Å². The van der Waals surface area contributed by atoms with Gasteiger partial charge in [-0.3, -0.25) is 10.1 Å². The molecule has 1 heterocycles. The third kappa shape index (κ3) is 4.74. The fourth-order valence-electron chi connectivity index (χ4n) is 2.91. The van der Waals surface area contributed by atoms with E-state index in [1.807, 2.05) is 0 Å². The van der Waals surface area contributed by atoms with Crippen molar-refractivity contribution >= 4 is 5.91 Å². The molecule has 118 valence electrons. The summed E-state index contributed by atoms with van der Waals surface area (Å²) in [6, 6.07) is 0.258. The Labute approximate surface area is 124 Å². The minimum absolute atomic E-state index is 0.0173. The number of nitrogens with one attached hydrogen (secondary N) is 1. The Morgan fingerprint density at radius 1 is 1.35 bits per heavy atom. The van der Waals surface area contributed by atoms with Gasteiger partial charge in [0.05, 0.1) is 12.2 Å². The number of unbranched alkanes of at least 4 members (excludes halogenated alkanes) is 1. The molecule has 4 nitrogen and oxygen atoms in total. The molecular weight excluding hydrogens is 252 g/mol. The van der Waals surface area contributed by atoms with Crippen molar-refractivity contribution in [3.05, 3.63) is 0 Å². The van der Waals surface area contributed by atoms with Crippen molar-refractivity contribution in [3.8, 4) is 0 Å². The molecule has 0 radical (unpaired) electrons. The van der Waals surface area contributed by atoms with Crippen LogP contribution in [-0.4, -0.2) is 42.8 Å². The van der Waals surface area contributed by atoms with Gasteiger partial charge in [0.1, 0.15) is 0 Å². The van der Waals surface area contributed by atoms with Gasteiger partial charge in [0.2, 0.25) is 5.91 Å². The maximum Gasteiger partial charge on any atom is 0.241 e. The molecule has 0 aromatic carbocycles. The largest absolute Gasteiger partial charge is 0.385 e. The zero-order valence-electron chi connectivity index (χ0n) is 13.8. The molecule has 0 spiro atoms. The summed E-state index contributed by atoms with van der Waals surface area (Å²) in [6.45, 7) is 9.43. The minimum atomic E-state index is 0.0173. The molecule has 3 atom stereocenters. The van der Waals surface area contributed by atoms with Crippen LogP contribution in [0.15, 0.2) is 0 Å². The second-order valence-electron chi connectivity index (χ2n) is 6.38. The quantitative estimate of drug-likeness (QED) is 0.708. The normalized spacial score (nSPS) is 24.7. The number of carbonyl (C=O) groups is 1. The Kier molecular flexibility index (Phi) is 7.52. The monoisotopic (exact) mass is 284 g/mol. The molecule has 1 aliphatic rings. The van der Waals surface area contributed by atoms with E-state index in [1.54, 1.807) is 7.11 Å². The van der Waals surface area contributed by atoms with E-state index in [4.69, 9.17) is 4.74 Å². The number of hydrogen-bond acceptors (Lipinski definition) is 3. The first kappa shape index (κ1) is 17.4. The van der Waals surface area contributed by atoms with Crippen LogP contribution in [0.5, 0.6) is 0 Å². The lowest BCUT2D eigenvalue weighted by atomic mass is 10.1. The first-order chi connectivity index (χ1) is 9.51. The predicted octanol–water partition coefficient (Wildman–Crippen LogP) is 2.77. The Hall–Kier alpha value is -0.610. The highest BCUT2D eigenvalue weighted by Gasteiger charge is 2.40. The van der Waals surface area contributed by atoms with Gasteiger partial charge < -0.3 is 9.64 Å². The van der Waals surface area contributed by atoms with Crippen LogP contribution in [0, 0.1) is 5.92 Å². The summed E-state index contributed by atoms with van der Waals surface area (Å²) in [5, 5.41) is 3.55. The number of amides is 1. The molecular formula is C16H32N2O2. The third-order valence-corrected chi connectivity index (χ3v) is 4.04. The number of methoxy groups -OCH3 is 1. The van der Waals surface area contributed by atoms with Crippen molar-refractivity contribution in [1.82, 2.24) is 10.2 Å². The van der Waals surface area contributed by atoms with E-state index in [1.165, 1.54) is 0 Å². The van der Waals surface area contributed by atoms with Gasteiger partial charge in [0.25, 0.3) is 0 Å². The smallest absolute Gasteiger partial charge is 0.241 e. The summed E-state index contributed by atoms with van der Waals surface area (Å²) < 4.78 is 5.16. The molecule has 20 heavy (non-hydrogen) atoms. The van der Waals surface area contributed by atoms with Gasteiger partial charge in [-0.15, -0.1) is 0 Å². The zero-order valence-corrected chi connectivity index (χ0v) is 13.8. The molecule has 0 aliphatic carbocycles. The van der Waals surface area contributed by atoms with Gasteiger partial charge in [-0.1, -0.05) is 33.6 Å². The summed E-state index contributed by atoms with van der Waals surface area (Å²) in [5.74, 6) is 0.870. The van der Waals surface area contributed by atoms with Crippen molar-refractivity contribution in [2.24, 2.45) is 5.92 Å². The minimum Gasteiger partial charge on any atom is -0.385 e. The molecule has 4 heteroatoms. The average Bonchev–Trinajstić information content (AvgIpc) is 2.69. The third-order valence-electron chi connectivity index (χ3n) is 4.04. The van der Waals surface area contributed by atoms with Gasteiger partial charge in [-0.2, -0.15) is 0 Å². The lowest BCUT2D eigenvalue weighted by Gasteiger charge is -2.31. The van der Waals surface area contributed by atoms with E-state index in [0.29, 0.717) is 12.5 Å². The number of rotatable bonds is 9. The van der Waals surface area contributed by atoms with Gasteiger partial charge in [0.15, 0.2) is 0 Å². The van der Waals surface area contributed by atoms with Crippen LogP contribution in [-0.2, 0) is 9.53 Å². The number of ether oxygens (including phenoxy) is 1. The lowest BCUT2D eigenvalue weighted by molar-refractivity contribution is -0.132. The second kappa shape index (κ2) is 8.63. The average molecular weight is 284 g/mol. The first-order valence-electron chi connectivity index (χ1n) is 8.08. The summed E-state index contributed by atoms with van der Waals surface area (Å²) in [7, 11) is 1.71. The number of carbonyl (C=O) groups excluding carboxylic acids is 1. The summed E-state index contributed by atoms with van der Waals surface area (Å²) in [6.07, 6.45) is 5.32. The molecule has 1 aliphatic heterocycles. The molecule has 1 amide bonds. The highest BCUT2D eigenvalue weighted by molar-refractivity contribution is 5.84. The van der Waals surface area contributed by atoms with Gasteiger partial charge in [-0.25, -0.2) is 0 Å². The Bertz CT molecular complexity index is 294. The van der Waals surface area contributed by atoms with Crippen LogP contribution in [0.4, 0.5) is 0 Å². The van der Waals surface area contributed by atoms with E-state index in [-0.39, 0.29) is 24.2 Å². The predicted molar refractivity (Wildman–Crippen MR) is 82.5 cm³/mol. The summed E-state index contributed by atoms with van der Waals surface area (Å²) in [4.78, 5) is 14.7. The molecule has 0 aromatic heterocycles. The van der Waals surface area contributed by atoms with Crippen LogP contribution in [0.3, 0.4) is 0 Å². The molecule has 1 fully saturated rings. The first-order valence-corrected chi connectivity index (χ1v) is 8.08. The van der Waals surface area contributed by atoms with Crippen molar-refractivity contribution in [2.45, 2.75) is 78.0 Å². The van der Waals surface area contributed by atoms with Crippen LogP contribution >= 0.6 is 0 Å². The summed E-state index contributed by atoms with van der Waals surface area (Å²) in [5.41, 5.74) is 0. The highest BCUT2D eigenvalue weighted by atomic mass is 16.5. The fraction of sp³-hybridized carbons (Fsp3) is 0.938.